The van der Waals surface area contributed by atoms with Gasteiger partial charge < -0.3 is 10.0 Å². The first-order valence-corrected chi connectivity index (χ1v) is 8.05. The van der Waals surface area contributed by atoms with Gasteiger partial charge in [-0.15, -0.1) is 11.3 Å². The molecule has 2 atom stereocenters. The molecule has 2 unspecified atom stereocenters. The molecule has 0 radical (unpaired) electrons. The Hall–Kier alpha value is -1.82. The minimum atomic E-state index is -0.938. The van der Waals surface area contributed by atoms with Crippen LogP contribution in [0.5, 0.6) is 0 Å². The van der Waals surface area contributed by atoms with Gasteiger partial charge in [0.25, 0.3) is 0 Å². The van der Waals surface area contributed by atoms with Crippen LogP contribution < -0.4 is 4.90 Å². The van der Waals surface area contributed by atoms with Gasteiger partial charge in [-0.1, -0.05) is 13.8 Å². The molecule has 6 heteroatoms. The Balaban J connectivity index is 1.99. The number of hydrogen-bond acceptors (Lipinski definition) is 4. The van der Waals surface area contributed by atoms with Crippen LogP contribution in [0.15, 0.2) is 17.7 Å². The molecule has 0 aliphatic carbocycles. The highest BCUT2D eigenvalue weighted by atomic mass is 32.1. The molecule has 1 N–H and O–H groups in total. The Morgan fingerprint density at radius 3 is 3.00 bits per heavy atom. The normalized spacial score (nSPS) is 23.2. The van der Waals surface area contributed by atoms with Crippen LogP contribution in [0.4, 0.5) is 5.82 Å². The Kier molecular flexibility index (Phi) is 3.71. The molecule has 5 nitrogen and oxygen atoms in total. The molecule has 3 heterocycles. The van der Waals surface area contributed by atoms with Crippen molar-refractivity contribution in [2.45, 2.75) is 20.3 Å². The van der Waals surface area contributed by atoms with E-state index in [9.17, 15) is 4.79 Å². The van der Waals surface area contributed by atoms with E-state index in [2.05, 4.69) is 18.7 Å². The first-order valence-electron chi connectivity index (χ1n) is 7.17. The van der Waals surface area contributed by atoms with Gasteiger partial charge in [-0.25, -0.2) is 9.78 Å². The molecular formula is C15H19N3O2S. The maximum absolute atomic E-state index is 10.8. The predicted octanol–water partition coefficient (Wildman–Crippen LogP) is 2.98. The summed E-state index contributed by atoms with van der Waals surface area (Å²) in [5.74, 6) is 1.31. The van der Waals surface area contributed by atoms with Crippen LogP contribution in [-0.4, -0.2) is 33.6 Å². The van der Waals surface area contributed by atoms with Crippen molar-refractivity contribution in [3.05, 3.63) is 23.3 Å². The molecule has 0 aromatic carbocycles. The first-order chi connectivity index (χ1) is 10.1. The lowest BCUT2D eigenvalue weighted by molar-refractivity contribution is -0.131. The molecule has 1 fully saturated rings. The van der Waals surface area contributed by atoms with E-state index < -0.39 is 5.97 Å². The van der Waals surface area contributed by atoms with Crippen LogP contribution >= 0.6 is 11.3 Å². The van der Waals surface area contributed by atoms with Gasteiger partial charge in [0.05, 0.1) is 5.69 Å². The zero-order chi connectivity index (χ0) is 15.0. The number of carboxylic acids is 1. The molecule has 21 heavy (non-hydrogen) atoms. The number of imidazole rings is 1. The molecule has 2 aromatic heterocycles. The summed E-state index contributed by atoms with van der Waals surface area (Å²) < 4.78 is 1.96. The van der Waals surface area contributed by atoms with Crippen LogP contribution in [0.1, 0.15) is 26.0 Å². The molecule has 0 spiro atoms. The van der Waals surface area contributed by atoms with E-state index in [-0.39, 0.29) is 0 Å². The third kappa shape index (κ3) is 2.68. The van der Waals surface area contributed by atoms with Crippen molar-refractivity contribution < 1.29 is 9.90 Å². The molecule has 1 saturated heterocycles. The topological polar surface area (TPSA) is 57.8 Å². The summed E-state index contributed by atoms with van der Waals surface area (Å²) in [5, 5.41) is 10.8. The lowest BCUT2D eigenvalue weighted by Crippen LogP contribution is -2.39. The number of carboxylic acid groups (broad SMARTS) is 1. The van der Waals surface area contributed by atoms with Crippen molar-refractivity contribution in [1.82, 2.24) is 9.38 Å². The fourth-order valence-electron chi connectivity index (χ4n) is 2.78. The summed E-state index contributed by atoms with van der Waals surface area (Å²) in [6, 6.07) is 0. The highest BCUT2D eigenvalue weighted by molar-refractivity contribution is 7.15. The standard InChI is InChI=1S/C15H19N3O2S/c1-10-5-6-17(9-11(10)2)14-12(3-4-13(19)20)18-7-8-21-15(18)16-14/h3-4,7-8,10-11H,5-6,9H2,1-2H3,(H,19,20)/b4-3+. The quantitative estimate of drug-likeness (QED) is 0.886. The van der Waals surface area contributed by atoms with Crippen LogP contribution in [-0.2, 0) is 4.79 Å². The van der Waals surface area contributed by atoms with Crippen LogP contribution in [0.3, 0.4) is 0 Å². The molecule has 2 aromatic rings. The molecule has 1 aliphatic rings. The van der Waals surface area contributed by atoms with Gasteiger partial charge in [0.2, 0.25) is 0 Å². The average molecular weight is 305 g/mol. The molecule has 0 amide bonds. The van der Waals surface area contributed by atoms with Crippen molar-refractivity contribution in [2.24, 2.45) is 11.8 Å². The maximum atomic E-state index is 10.8. The summed E-state index contributed by atoms with van der Waals surface area (Å²) in [7, 11) is 0. The van der Waals surface area contributed by atoms with E-state index in [0.717, 1.165) is 41.9 Å². The Labute approximate surface area is 127 Å². The lowest BCUT2D eigenvalue weighted by Gasteiger charge is -2.35. The molecule has 112 valence electrons. The van der Waals surface area contributed by atoms with Gasteiger partial charge in [-0.3, -0.25) is 4.40 Å². The van der Waals surface area contributed by atoms with Gasteiger partial charge in [0.15, 0.2) is 10.8 Å². The Morgan fingerprint density at radius 2 is 2.29 bits per heavy atom. The number of rotatable bonds is 3. The van der Waals surface area contributed by atoms with E-state index in [0.29, 0.717) is 5.92 Å². The number of carbonyl (C=O) groups is 1. The number of hydrogen-bond donors (Lipinski definition) is 1. The highest BCUT2D eigenvalue weighted by Crippen LogP contribution is 2.31. The highest BCUT2D eigenvalue weighted by Gasteiger charge is 2.26. The second-order valence-corrected chi connectivity index (χ2v) is 6.61. The second kappa shape index (κ2) is 5.52. The SMILES string of the molecule is CC1CCN(c2nc3sccn3c2/C=C/C(=O)O)CC1C. The first kappa shape index (κ1) is 14.1. The molecule has 1 aliphatic heterocycles. The van der Waals surface area contributed by atoms with E-state index >= 15 is 0 Å². The minimum absolute atomic E-state index is 0.620. The van der Waals surface area contributed by atoms with Crippen LogP contribution in [0.25, 0.3) is 11.0 Å². The number of nitrogens with zero attached hydrogens (tertiary/aromatic N) is 3. The van der Waals surface area contributed by atoms with E-state index in [1.54, 1.807) is 17.4 Å². The second-order valence-electron chi connectivity index (χ2n) is 5.74. The maximum Gasteiger partial charge on any atom is 0.328 e. The summed E-state index contributed by atoms with van der Waals surface area (Å²) in [5.41, 5.74) is 0.857. The van der Waals surface area contributed by atoms with E-state index in [1.807, 2.05) is 16.0 Å². The van der Waals surface area contributed by atoms with Crippen molar-refractivity contribution in [1.29, 1.82) is 0 Å². The molecule has 0 bridgehead atoms. The van der Waals surface area contributed by atoms with Gasteiger partial charge >= 0.3 is 5.97 Å². The number of thiazole rings is 1. The number of aromatic nitrogens is 2. The summed E-state index contributed by atoms with van der Waals surface area (Å²) >= 11 is 1.57. The Bertz CT molecular complexity index is 688. The fraction of sp³-hybridized carbons (Fsp3) is 0.467. The summed E-state index contributed by atoms with van der Waals surface area (Å²) in [4.78, 5) is 18.7. The average Bonchev–Trinajstić information content (AvgIpc) is 3.00. The van der Waals surface area contributed by atoms with Crippen LogP contribution in [0, 0.1) is 11.8 Å². The number of fused-ring (bicyclic) bond motifs is 1. The zero-order valence-corrected chi connectivity index (χ0v) is 13.0. The summed E-state index contributed by atoms with van der Waals surface area (Å²) in [6.07, 6.45) is 5.91. The van der Waals surface area contributed by atoms with E-state index in [4.69, 9.17) is 10.1 Å². The monoisotopic (exact) mass is 305 g/mol. The Morgan fingerprint density at radius 1 is 1.48 bits per heavy atom. The lowest BCUT2D eigenvalue weighted by atomic mass is 9.89. The third-order valence-corrected chi connectivity index (χ3v) is 5.05. The molecule has 3 rings (SSSR count). The predicted molar refractivity (Wildman–Crippen MR) is 84.9 cm³/mol. The van der Waals surface area contributed by atoms with E-state index in [1.165, 1.54) is 6.08 Å². The van der Waals surface area contributed by atoms with Gasteiger partial charge in [-0.2, -0.15) is 0 Å². The number of aliphatic carboxylic acids is 1. The largest absolute Gasteiger partial charge is 0.478 e. The third-order valence-electron chi connectivity index (χ3n) is 4.30. The fourth-order valence-corrected chi connectivity index (χ4v) is 3.50. The minimum Gasteiger partial charge on any atom is -0.478 e. The van der Waals surface area contributed by atoms with Crippen molar-refractivity contribution in [3.8, 4) is 0 Å². The van der Waals surface area contributed by atoms with Gasteiger partial charge in [-0.05, 0) is 24.3 Å². The van der Waals surface area contributed by atoms with Crippen molar-refractivity contribution in [2.75, 3.05) is 18.0 Å². The number of piperidine rings is 1. The van der Waals surface area contributed by atoms with Gasteiger partial charge in [0.1, 0.15) is 0 Å². The molecule has 0 saturated carbocycles. The van der Waals surface area contributed by atoms with Crippen molar-refractivity contribution in [3.63, 3.8) is 0 Å². The smallest absolute Gasteiger partial charge is 0.328 e. The van der Waals surface area contributed by atoms with Crippen molar-refractivity contribution >= 4 is 34.2 Å². The zero-order valence-electron chi connectivity index (χ0n) is 12.2. The summed E-state index contributed by atoms with van der Waals surface area (Å²) in [6.45, 7) is 6.51. The van der Waals surface area contributed by atoms with Crippen LogP contribution in [0.2, 0.25) is 0 Å². The molecular weight excluding hydrogens is 286 g/mol. The van der Waals surface area contributed by atoms with Gasteiger partial charge in [0, 0.05) is 30.7 Å². The number of anilines is 1.